The van der Waals surface area contributed by atoms with Crippen molar-refractivity contribution in [3.8, 4) is 11.5 Å². The molecule has 0 unspecified atom stereocenters. The number of hydrogen-bond donors (Lipinski definition) is 2. The van der Waals surface area contributed by atoms with E-state index in [0.717, 1.165) is 34.4 Å². The number of rotatable bonds is 7. The summed E-state index contributed by atoms with van der Waals surface area (Å²) in [4.78, 5) is 13.0. The minimum absolute atomic E-state index is 0.648. The normalized spacial score (nSPS) is 10.4. The third-order valence-electron chi connectivity index (χ3n) is 4.14. The monoisotopic (exact) mass is 383 g/mol. The predicted molar refractivity (Wildman–Crippen MR) is 115 cm³/mol. The van der Waals surface area contributed by atoms with Crippen LogP contribution in [0.5, 0.6) is 11.5 Å². The van der Waals surface area contributed by atoms with Crippen molar-refractivity contribution < 1.29 is 4.74 Å². The molecular formula is C23H21N5O. The first kappa shape index (κ1) is 18.4. The highest BCUT2D eigenvalue weighted by atomic mass is 16.5. The van der Waals surface area contributed by atoms with Gasteiger partial charge in [0.05, 0.1) is 0 Å². The van der Waals surface area contributed by atoms with E-state index < -0.39 is 0 Å². The zero-order valence-corrected chi connectivity index (χ0v) is 16.0. The van der Waals surface area contributed by atoms with Crippen LogP contribution in [0.2, 0.25) is 0 Å². The lowest BCUT2D eigenvalue weighted by molar-refractivity contribution is 0.483. The molecule has 0 atom stereocenters. The molecule has 2 N–H and O–H groups in total. The lowest BCUT2D eigenvalue weighted by Gasteiger charge is -2.11. The largest absolute Gasteiger partial charge is 0.457 e. The van der Waals surface area contributed by atoms with Crippen molar-refractivity contribution >= 4 is 17.3 Å². The quantitative estimate of drug-likeness (QED) is 0.449. The second kappa shape index (κ2) is 8.84. The van der Waals surface area contributed by atoms with Gasteiger partial charge >= 0.3 is 0 Å². The van der Waals surface area contributed by atoms with Gasteiger partial charge in [0.2, 0.25) is 0 Å². The van der Waals surface area contributed by atoms with Crippen LogP contribution in [0.15, 0.2) is 85.2 Å². The summed E-state index contributed by atoms with van der Waals surface area (Å²) in [6.45, 7) is 2.52. The third-order valence-corrected chi connectivity index (χ3v) is 4.14. The molecule has 144 valence electrons. The van der Waals surface area contributed by atoms with Gasteiger partial charge in [0.15, 0.2) is 0 Å². The van der Waals surface area contributed by atoms with Gasteiger partial charge in [-0.3, -0.25) is 4.98 Å². The van der Waals surface area contributed by atoms with Crippen LogP contribution in [0.3, 0.4) is 0 Å². The molecule has 0 aliphatic heterocycles. The number of benzene rings is 2. The highest BCUT2D eigenvalue weighted by Crippen LogP contribution is 2.24. The molecule has 2 aromatic heterocycles. The van der Waals surface area contributed by atoms with Crippen LogP contribution in [-0.2, 0) is 6.54 Å². The Hall–Kier alpha value is -3.93. The number of aromatic nitrogens is 3. The SMILES string of the molecule is Cc1nc(NCc2cccnc2)cc(Nc2ccc(Oc3ccccc3)cc2)n1. The van der Waals surface area contributed by atoms with Crippen molar-refractivity contribution in [1.82, 2.24) is 15.0 Å². The molecule has 0 saturated heterocycles. The highest BCUT2D eigenvalue weighted by molar-refractivity contribution is 5.60. The van der Waals surface area contributed by atoms with Gasteiger partial charge in [-0.25, -0.2) is 9.97 Å². The molecule has 4 rings (SSSR count). The maximum absolute atomic E-state index is 5.83. The van der Waals surface area contributed by atoms with Crippen LogP contribution in [0, 0.1) is 6.92 Å². The second-order valence-electron chi connectivity index (χ2n) is 6.46. The Balaban J connectivity index is 1.41. The van der Waals surface area contributed by atoms with E-state index in [1.165, 1.54) is 0 Å². The first-order chi connectivity index (χ1) is 14.2. The number of hydrogen-bond acceptors (Lipinski definition) is 6. The standard InChI is InChI=1S/C23H21N5O/c1-17-26-22(25-16-18-6-5-13-24-15-18)14-23(27-17)28-19-9-11-21(12-10-19)29-20-7-3-2-4-8-20/h2-15H,16H2,1H3,(H2,25,26,27,28). The first-order valence-corrected chi connectivity index (χ1v) is 9.33. The fourth-order valence-corrected chi connectivity index (χ4v) is 2.80. The number of nitrogens with one attached hydrogen (secondary N) is 2. The molecule has 0 aliphatic rings. The first-order valence-electron chi connectivity index (χ1n) is 9.33. The average molecular weight is 383 g/mol. The van der Waals surface area contributed by atoms with Crippen LogP contribution in [0.4, 0.5) is 17.3 Å². The number of pyridine rings is 1. The van der Waals surface area contributed by atoms with Crippen molar-refractivity contribution in [1.29, 1.82) is 0 Å². The maximum Gasteiger partial charge on any atom is 0.136 e. The maximum atomic E-state index is 5.83. The van der Waals surface area contributed by atoms with Gasteiger partial charge in [-0.2, -0.15) is 0 Å². The van der Waals surface area contributed by atoms with Gasteiger partial charge < -0.3 is 15.4 Å². The summed E-state index contributed by atoms with van der Waals surface area (Å²) >= 11 is 0. The molecule has 0 amide bonds. The minimum atomic E-state index is 0.648. The van der Waals surface area contributed by atoms with Gasteiger partial charge in [0.1, 0.15) is 29.0 Å². The van der Waals surface area contributed by atoms with Gasteiger partial charge in [-0.15, -0.1) is 0 Å². The van der Waals surface area contributed by atoms with Crippen molar-refractivity contribution in [3.63, 3.8) is 0 Å². The zero-order valence-electron chi connectivity index (χ0n) is 16.0. The van der Waals surface area contributed by atoms with Crippen LogP contribution in [-0.4, -0.2) is 15.0 Å². The summed E-state index contributed by atoms with van der Waals surface area (Å²) in [5.74, 6) is 3.76. The van der Waals surface area contributed by atoms with E-state index in [9.17, 15) is 0 Å². The van der Waals surface area contributed by atoms with E-state index >= 15 is 0 Å². The predicted octanol–water partition coefficient (Wildman–Crippen LogP) is 5.33. The van der Waals surface area contributed by atoms with Crippen LogP contribution >= 0.6 is 0 Å². The Bertz CT molecular complexity index is 1050. The zero-order chi connectivity index (χ0) is 19.9. The Kier molecular flexibility index (Phi) is 5.62. The minimum Gasteiger partial charge on any atom is -0.457 e. The molecule has 0 bridgehead atoms. The fraction of sp³-hybridized carbons (Fsp3) is 0.0870. The van der Waals surface area contributed by atoms with E-state index in [4.69, 9.17) is 4.74 Å². The summed E-state index contributed by atoms with van der Waals surface area (Å²) in [5, 5.41) is 6.63. The summed E-state index contributed by atoms with van der Waals surface area (Å²) in [6, 6.07) is 23.3. The van der Waals surface area contributed by atoms with Crippen molar-refractivity contribution in [3.05, 3.63) is 96.6 Å². The summed E-state index contributed by atoms with van der Waals surface area (Å²) in [6.07, 6.45) is 3.59. The smallest absolute Gasteiger partial charge is 0.136 e. The number of para-hydroxylation sites is 1. The van der Waals surface area contributed by atoms with Gasteiger partial charge in [-0.1, -0.05) is 24.3 Å². The summed E-state index contributed by atoms with van der Waals surface area (Å²) in [5.41, 5.74) is 2.01. The number of anilines is 3. The molecule has 4 aromatic rings. The van der Waals surface area contributed by atoms with Gasteiger partial charge in [-0.05, 0) is 55.0 Å². The highest BCUT2D eigenvalue weighted by Gasteiger charge is 2.04. The fourth-order valence-electron chi connectivity index (χ4n) is 2.80. The van der Waals surface area contributed by atoms with Crippen LogP contribution < -0.4 is 15.4 Å². The second-order valence-corrected chi connectivity index (χ2v) is 6.46. The topological polar surface area (TPSA) is 72.0 Å². The Morgan fingerprint density at radius 1 is 0.828 bits per heavy atom. The molecule has 0 aliphatic carbocycles. The van der Waals surface area contributed by atoms with Gasteiger partial charge in [0.25, 0.3) is 0 Å². The van der Waals surface area contributed by atoms with E-state index in [1.807, 2.05) is 85.9 Å². The number of nitrogens with zero attached hydrogens (tertiary/aromatic N) is 3. The summed E-state index contributed by atoms with van der Waals surface area (Å²) in [7, 11) is 0. The Morgan fingerprint density at radius 2 is 1.59 bits per heavy atom. The average Bonchev–Trinajstić information content (AvgIpc) is 2.75. The van der Waals surface area contributed by atoms with E-state index in [2.05, 4.69) is 25.6 Å². The van der Waals surface area contributed by atoms with E-state index in [-0.39, 0.29) is 0 Å². The van der Waals surface area contributed by atoms with E-state index in [0.29, 0.717) is 12.4 Å². The Morgan fingerprint density at radius 3 is 2.34 bits per heavy atom. The molecule has 2 heterocycles. The van der Waals surface area contributed by atoms with Crippen molar-refractivity contribution in [2.45, 2.75) is 13.5 Å². The van der Waals surface area contributed by atoms with E-state index in [1.54, 1.807) is 6.20 Å². The lowest BCUT2D eigenvalue weighted by atomic mass is 10.3. The lowest BCUT2D eigenvalue weighted by Crippen LogP contribution is -2.05. The molecule has 2 aromatic carbocycles. The van der Waals surface area contributed by atoms with Crippen LogP contribution in [0.25, 0.3) is 0 Å². The van der Waals surface area contributed by atoms with Gasteiger partial charge in [0, 0.05) is 30.7 Å². The molecular weight excluding hydrogens is 362 g/mol. The van der Waals surface area contributed by atoms with Crippen molar-refractivity contribution in [2.24, 2.45) is 0 Å². The third kappa shape index (κ3) is 5.29. The summed E-state index contributed by atoms with van der Waals surface area (Å²) < 4.78 is 5.83. The Labute approximate surface area is 169 Å². The molecule has 29 heavy (non-hydrogen) atoms. The van der Waals surface area contributed by atoms with Crippen LogP contribution in [0.1, 0.15) is 11.4 Å². The van der Waals surface area contributed by atoms with Crippen molar-refractivity contribution in [2.75, 3.05) is 10.6 Å². The number of ether oxygens (including phenoxy) is 1. The molecule has 0 spiro atoms. The molecule has 0 saturated carbocycles. The molecule has 0 fully saturated rings. The molecule has 6 heteroatoms. The number of aryl methyl sites for hydroxylation is 1. The molecule has 0 radical (unpaired) electrons. The molecule has 6 nitrogen and oxygen atoms in total.